The summed E-state index contributed by atoms with van der Waals surface area (Å²) in [5.41, 5.74) is 5.78. The molecule has 0 heterocycles. The number of hydrogen-bond donors (Lipinski definition) is 1. The lowest BCUT2D eigenvalue weighted by Gasteiger charge is -2.10. The summed E-state index contributed by atoms with van der Waals surface area (Å²) in [5, 5.41) is 0. The van der Waals surface area contributed by atoms with Crippen LogP contribution in [0.4, 0.5) is 0 Å². The highest BCUT2D eigenvalue weighted by Gasteiger charge is 2.13. The Hall–Kier alpha value is -1.07. The Bertz CT molecular complexity index is 379. The molecule has 0 aliphatic heterocycles. The topological polar surface area (TPSA) is 61.5 Å². The van der Waals surface area contributed by atoms with Crippen LogP contribution in [0.1, 0.15) is 10.4 Å². The van der Waals surface area contributed by atoms with Gasteiger partial charge in [0, 0.05) is 5.56 Å². The molecule has 4 nitrogen and oxygen atoms in total. The van der Waals surface area contributed by atoms with Gasteiger partial charge in [-0.2, -0.15) is 0 Å². The second-order valence-electron chi connectivity index (χ2n) is 2.82. The maximum atomic E-state index is 11.4. The minimum atomic E-state index is -0.142. The van der Waals surface area contributed by atoms with E-state index in [0.717, 1.165) is 0 Å². The minimum absolute atomic E-state index is 0.0259. The number of ether oxygens (including phenoxy) is 2. The van der Waals surface area contributed by atoms with Gasteiger partial charge in [0.15, 0.2) is 17.3 Å². The summed E-state index contributed by atoms with van der Waals surface area (Å²) in [5.74, 6) is 0.923. The molecule has 0 saturated carbocycles. The van der Waals surface area contributed by atoms with Crippen LogP contribution >= 0.6 is 15.9 Å². The molecular formula is C10H12BrNO3. The highest BCUT2D eigenvalue weighted by Crippen LogP contribution is 2.36. The molecular weight excluding hydrogens is 262 g/mol. The molecule has 0 aliphatic carbocycles. The first-order valence-electron chi connectivity index (χ1n) is 4.28. The normalized spacial score (nSPS) is 9.87. The van der Waals surface area contributed by atoms with Crippen molar-refractivity contribution in [3.63, 3.8) is 0 Å². The summed E-state index contributed by atoms with van der Waals surface area (Å²) >= 11 is 3.30. The molecule has 15 heavy (non-hydrogen) atoms. The van der Waals surface area contributed by atoms with E-state index < -0.39 is 0 Å². The van der Waals surface area contributed by atoms with Gasteiger partial charge in [-0.05, 0) is 28.1 Å². The zero-order chi connectivity index (χ0) is 11.4. The zero-order valence-corrected chi connectivity index (χ0v) is 10.1. The van der Waals surface area contributed by atoms with Gasteiger partial charge >= 0.3 is 0 Å². The second-order valence-corrected chi connectivity index (χ2v) is 3.68. The largest absolute Gasteiger partial charge is 0.493 e. The second kappa shape index (κ2) is 5.14. The average molecular weight is 274 g/mol. The van der Waals surface area contributed by atoms with Crippen LogP contribution < -0.4 is 15.2 Å². The number of carbonyl (C=O) groups is 1. The molecule has 0 aromatic heterocycles. The van der Waals surface area contributed by atoms with Gasteiger partial charge in [0.1, 0.15) is 0 Å². The van der Waals surface area contributed by atoms with Crippen molar-refractivity contribution in [2.24, 2.45) is 5.73 Å². The fourth-order valence-corrected chi connectivity index (χ4v) is 1.80. The first-order chi connectivity index (χ1) is 7.13. The molecule has 5 heteroatoms. The zero-order valence-electron chi connectivity index (χ0n) is 8.54. The fraction of sp³-hybridized carbons (Fsp3) is 0.300. The number of halogens is 1. The average Bonchev–Trinajstić information content (AvgIpc) is 2.26. The predicted molar refractivity (Wildman–Crippen MR) is 60.6 cm³/mol. The van der Waals surface area contributed by atoms with Crippen LogP contribution in [-0.2, 0) is 0 Å². The van der Waals surface area contributed by atoms with Crippen molar-refractivity contribution in [3.8, 4) is 11.5 Å². The van der Waals surface area contributed by atoms with Crippen LogP contribution in [0.25, 0.3) is 0 Å². The van der Waals surface area contributed by atoms with Crippen LogP contribution in [0, 0.1) is 0 Å². The number of rotatable bonds is 4. The molecule has 0 aliphatic rings. The van der Waals surface area contributed by atoms with Crippen molar-refractivity contribution < 1.29 is 14.3 Å². The first-order valence-corrected chi connectivity index (χ1v) is 5.08. The highest BCUT2D eigenvalue weighted by molar-refractivity contribution is 9.10. The molecule has 1 aromatic rings. The van der Waals surface area contributed by atoms with Crippen molar-refractivity contribution in [2.45, 2.75) is 0 Å². The van der Waals surface area contributed by atoms with Crippen LogP contribution in [-0.4, -0.2) is 26.5 Å². The van der Waals surface area contributed by atoms with Crippen LogP contribution in [0.15, 0.2) is 16.6 Å². The predicted octanol–water partition coefficient (Wildman–Crippen LogP) is 1.61. The Balaban J connectivity index is 3.25. The first kappa shape index (κ1) is 12.0. The van der Waals surface area contributed by atoms with E-state index >= 15 is 0 Å². The van der Waals surface area contributed by atoms with E-state index in [1.807, 2.05) is 0 Å². The fourth-order valence-electron chi connectivity index (χ4n) is 1.20. The van der Waals surface area contributed by atoms with Crippen molar-refractivity contribution in [1.29, 1.82) is 0 Å². The summed E-state index contributed by atoms with van der Waals surface area (Å²) in [6, 6.07) is 3.27. The van der Waals surface area contributed by atoms with Crippen LogP contribution in [0.5, 0.6) is 11.5 Å². The molecule has 0 saturated heterocycles. The third kappa shape index (κ3) is 2.49. The third-order valence-corrected chi connectivity index (χ3v) is 2.53. The molecule has 82 valence electrons. The van der Waals surface area contributed by atoms with Gasteiger partial charge in [0.2, 0.25) is 0 Å². The minimum Gasteiger partial charge on any atom is -0.493 e. The van der Waals surface area contributed by atoms with Crippen molar-refractivity contribution in [3.05, 3.63) is 22.2 Å². The van der Waals surface area contributed by atoms with Gasteiger partial charge < -0.3 is 15.2 Å². The molecule has 0 spiro atoms. The Morgan fingerprint density at radius 3 is 2.53 bits per heavy atom. The van der Waals surface area contributed by atoms with E-state index in [2.05, 4.69) is 15.9 Å². The maximum absolute atomic E-state index is 11.4. The SMILES string of the molecule is COc1cc(C(=O)CN)cc(Br)c1OC. The Kier molecular flexibility index (Phi) is 4.11. The summed E-state index contributed by atoms with van der Waals surface area (Å²) in [6.07, 6.45) is 0. The number of ketones is 1. The Morgan fingerprint density at radius 2 is 2.07 bits per heavy atom. The standard InChI is InChI=1S/C10H12BrNO3/c1-14-9-4-6(8(13)5-12)3-7(11)10(9)15-2/h3-4H,5,12H2,1-2H3. The maximum Gasteiger partial charge on any atom is 0.176 e. The summed E-state index contributed by atoms with van der Waals surface area (Å²) in [6.45, 7) is -0.0259. The van der Waals surface area contributed by atoms with Crippen LogP contribution in [0.2, 0.25) is 0 Å². The lowest BCUT2D eigenvalue weighted by molar-refractivity contribution is 0.100. The van der Waals surface area contributed by atoms with E-state index in [9.17, 15) is 4.79 Å². The van der Waals surface area contributed by atoms with Gasteiger partial charge in [0.05, 0.1) is 25.2 Å². The van der Waals surface area contributed by atoms with Gasteiger partial charge in [0.25, 0.3) is 0 Å². The molecule has 0 radical (unpaired) electrons. The number of hydrogen-bond acceptors (Lipinski definition) is 4. The van der Waals surface area contributed by atoms with Crippen molar-refractivity contribution in [1.82, 2.24) is 0 Å². The van der Waals surface area contributed by atoms with Gasteiger partial charge in [-0.1, -0.05) is 0 Å². The molecule has 0 bridgehead atoms. The molecule has 0 amide bonds. The summed E-state index contributed by atoms with van der Waals surface area (Å²) < 4.78 is 10.9. The number of methoxy groups -OCH3 is 2. The van der Waals surface area contributed by atoms with E-state index in [1.165, 1.54) is 14.2 Å². The summed E-state index contributed by atoms with van der Waals surface area (Å²) in [7, 11) is 3.05. The molecule has 0 fully saturated rings. The Labute approximate surface area is 96.5 Å². The van der Waals surface area contributed by atoms with Gasteiger partial charge in [-0.3, -0.25) is 4.79 Å². The molecule has 0 atom stereocenters. The Morgan fingerprint density at radius 1 is 1.40 bits per heavy atom. The highest BCUT2D eigenvalue weighted by atomic mass is 79.9. The monoisotopic (exact) mass is 273 g/mol. The number of Topliss-reactive ketones (excluding diaryl/α,β-unsaturated/α-hetero) is 1. The molecule has 1 aromatic carbocycles. The molecule has 2 N–H and O–H groups in total. The van der Waals surface area contributed by atoms with Crippen LogP contribution in [0.3, 0.4) is 0 Å². The van der Waals surface area contributed by atoms with Crippen molar-refractivity contribution in [2.75, 3.05) is 20.8 Å². The van der Waals surface area contributed by atoms with Gasteiger partial charge in [-0.15, -0.1) is 0 Å². The quantitative estimate of drug-likeness (QED) is 0.847. The smallest absolute Gasteiger partial charge is 0.176 e. The molecule has 0 unspecified atom stereocenters. The van der Waals surface area contributed by atoms with Gasteiger partial charge in [-0.25, -0.2) is 0 Å². The lowest BCUT2D eigenvalue weighted by Crippen LogP contribution is -2.13. The number of nitrogens with two attached hydrogens (primary N) is 1. The molecule has 1 rings (SSSR count). The van der Waals surface area contributed by atoms with E-state index in [4.69, 9.17) is 15.2 Å². The summed E-state index contributed by atoms with van der Waals surface area (Å²) in [4.78, 5) is 11.4. The number of benzene rings is 1. The van der Waals surface area contributed by atoms with E-state index in [0.29, 0.717) is 21.5 Å². The van der Waals surface area contributed by atoms with Crippen molar-refractivity contribution >= 4 is 21.7 Å². The lowest BCUT2D eigenvalue weighted by atomic mass is 10.1. The van der Waals surface area contributed by atoms with E-state index in [1.54, 1.807) is 12.1 Å². The third-order valence-electron chi connectivity index (χ3n) is 1.94. The number of carbonyl (C=O) groups excluding carboxylic acids is 1. The van der Waals surface area contributed by atoms with E-state index in [-0.39, 0.29) is 12.3 Å².